The molecule has 0 atom stereocenters. The van der Waals surface area contributed by atoms with Crippen LogP contribution in [0.25, 0.3) is 0 Å². The van der Waals surface area contributed by atoms with Gasteiger partial charge in [0.1, 0.15) is 0 Å². The molecule has 0 heterocycles. The van der Waals surface area contributed by atoms with E-state index in [0.29, 0.717) is 5.11 Å². The monoisotopic (exact) mass is 173 g/mol. The Morgan fingerprint density at radius 3 is 2.45 bits per heavy atom. The van der Waals surface area contributed by atoms with E-state index in [2.05, 4.69) is 12.2 Å². The summed E-state index contributed by atoms with van der Waals surface area (Å²) in [6.07, 6.45) is 3.65. The lowest BCUT2D eigenvalue weighted by Crippen LogP contribution is -2.29. The third kappa shape index (κ3) is 6.10. The molecule has 0 unspecified atom stereocenters. The zero-order valence-corrected chi connectivity index (χ0v) is 8.45. The quantitative estimate of drug-likeness (QED) is 0.475. The van der Waals surface area contributed by atoms with Crippen molar-refractivity contribution in [2.45, 2.75) is 26.2 Å². The van der Waals surface area contributed by atoms with Gasteiger partial charge in [-0.05, 0) is 18.6 Å². The molecule has 1 radical (unpaired) electrons. The summed E-state index contributed by atoms with van der Waals surface area (Å²) in [5, 5.41) is 4.93. The molecular weight excluding hydrogens is 156 g/mol. The Morgan fingerprint density at radius 1 is 1.36 bits per heavy atom. The summed E-state index contributed by atoms with van der Waals surface area (Å²) in [6, 6.07) is 0. The van der Waals surface area contributed by atoms with Crippen molar-refractivity contribution in [1.82, 2.24) is 10.2 Å². The molecule has 3 heteroatoms. The summed E-state index contributed by atoms with van der Waals surface area (Å²) in [5.74, 6) is 0. The first-order valence-corrected chi connectivity index (χ1v) is 4.48. The van der Waals surface area contributed by atoms with Crippen LogP contribution in [-0.2, 0) is 0 Å². The molecule has 0 N–H and O–H groups in total. The Labute approximate surface area is 75.0 Å². The summed E-state index contributed by atoms with van der Waals surface area (Å²) in [5.41, 5.74) is 0. The molecule has 0 aromatic rings. The fraction of sp³-hybridized carbons (Fsp3) is 0.875. The standard InChI is InChI=1S/C8H17N2S/c1-4-5-6-7-9-8(11)10(2)3/h4-7H2,1-3H3. The molecule has 0 aliphatic heterocycles. The van der Waals surface area contributed by atoms with Crippen LogP contribution in [0.1, 0.15) is 26.2 Å². The molecule has 0 aliphatic carbocycles. The average molecular weight is 173 g/mol. The van der Waals surface area contributed by atoms with E-state index in [1.54, 1.807) is 0 Å². The van der Waals surface area contributed by atoms with Crippen molar-refractivity contribution >= 4 is 17.3 Å². The first-order chi connectivity index (χ1) is 5.18. The lowest BCUT2D eigenvalue weighted by Gasteiger charge is -2.12. The Hall–Kier alpha value is -0.310. The highest BCUT2D eigenvalue weighted by molar-refractivity contribution is 7.80. The van der Waals surface area contributed by atoms with E-state index in [-0.39, 0.29) is 0 Å². The third-order valence-electron chi connectivity index (χ3n) is 1.39. The second-order valence-electron chi connectivity index (χ2n) is 2.77. The highest BCUT2D eigenvalue weighted by Gasteiger charge is 1.97. The smallest absolute Gasteiger partial charge is 0.190 e. The van der Waals surface area contributed by atoms with Crippen LogP contribution in [0.3, 0.4) is 0 Å². The number of nitrogens with zero attached hydrogens (tertiary/aromatic N) is 2. The molecule has 11 heavy (non-hydrogen) atoms. The van der Waals surface area contributed by atoms with Gasteiger partial charge in [-0.1, -0.05) is 19.8 Å². The van der Waals surface area contributed by atoms with E-state index in [1.807, 2.05) is 19.0 Å². The Bertz CT molecular complexity index is 113. The summed E-state index contributed by atoms with van der Waals surface area (Å²) in [4.78, 5) is 1.86. The summed E-state index contributed by atoms with van der Waals surface area (Å²) in [7, 11) is 3.84. The number of hydrogen-bond donors (Lipinski definition) is 0. The number of rotatable bonds is 4. The maximum absolute atomic E-state index is 4.99. The van der Waals surface area contributed by atoms with Gasteiger partial charge in [-0.15, -0.1) is 0 Å². The van der Waals surface area contributed by atoms with Crippen LogP contribution in [0, 0.1) is 0 Å². The normalized spacial score (nSPS) is 9.36. The minimum absolute atomic E-state index is 0.709. The van der Waals surface area contributed by atoms with Crippen LogP contribution in [0.2, 0.25) is 0 Å². The van der Waals surface area contributed by atoms with E-state index < -0.39 is 0 Å². The van der Waals surface area contributed by atoms with Crippen LogP contribution >= 0.6 is 12.2 Å². The zero-order chi connectivity index (χ0) is 8.69. The van der Waals surface area contributed by atoms with Gasteiger partial charge in [0.05, 0.1) is 0 Å². The maximum atomic E-state index is 4.99. The molecule has 0 saturated heterocycles. The largest absolute Gasteiger partial charge is 0.354 e. The van der Waals surface area contributed by atoms with Gasteiger partial charge in [-0.3, -0.25) is 5.32 Å². The van der Waals surface area contributed by atoms with Gasteiger partial charge in [0.25, 0.3) is 0 Å². The molecule has 0 amide bonds. The zero-order valence-electron chi connectivity index (χ0n) is 7.63. The van der Waals surface area contributed by atoms with Crippen LogP contribution in [0.15, 0.2) is 0 Å². The van der Waals surface area contributed by atoms with Crippen molar-refractivity contribution in [3.05, 3.63) is 0 Å². The second-order valence-corrected chi connectivity index (χ2v) is 3.13. The van der Waals surface area contributed by atoms with Crippen molar-refractivity contribution in [3.63, 3.8) is 0 Å². The Kier molecular flexibility index (Phi) is 6.22. The van der Waals surface area contributed by atoms with Crippen LogP contribution < -0.4 is 5.32 Å². The van der Waals surface area contributed by atoms with Crippen LogP contribution in [-0.4, -0.2) is 30.7 Å². The third-order valence-corrected chi connectivity index (χ3v) is 1.89. The number of thiocarbonyl (C=S) groups is 1. The first kappa shape index (κ1) is 10.7. The molecule has 2 nitrogen and oxygen atoms in total. The van der Waals surface area contributed by atoms with Gasteiger partial charge in [-0.25, -0.2) is 0 Å². The van der Waals surface area contributed by atoms with E-state index in [4.69, 9.17) is 12.2 Å². The highest BCUT2D eigenvalue weighted by atomic mass is 32.1. The topological polar surface area (TPSA) is 17.3 Å². The summed E-state index contributed by atoms with van der Waals surface area (Å²) in [6.45, 7) is 3.06. The molecule has 65 valence electrons. The predicted molar refractivity (Wildman–Crippen MR) is 52.8 cm³/mol. The SMILES string of the molecule is CCCCC[N]C(=S)N(C)C. The lowest BCUT2D eigenvalue weighted by molar-refractivity contribution is 0.586. The van der Waals surface area contributed by atoms with E-state index in [1.165, 1.54) is 12.8 Å². The molecule has 0 rings (SSSR count). The highest BCUT2D eigenvalue weighted by Crippen LogP contribution is 1.92. The minimum atomic E-state index is 0.709. The first-order valence-electron chi connectivity index (χ1n) is 4.07. The molecule has 0 bridgehead atoms. The minimum Gasteiger partial charge on any atom is -0.354 e. The summed E-state index contributed by atoms with van der Waals surface area (Å²) < 4.78 is 0. The van der Waals surface area contributed by atoms with E-state index in [0.717, 1.165) is 13.0 Å². The Morgan fingerprint density at radius 2 is 2.00 bits per heavy atom. The van der Waals surface area contributed by atoms with Crippen LogP contribution in [0.5, 0.6) is 0 Å². The van der Waals surface area contributed by atoms with Gasteiger partial charge in [0, 0.05) is 20.6 Å². The van der Waals surface area contributed by atoms with Gasteiger partial charge < -0.3 is 4.90 Å². The van der Waals surface area contributed by atoms with Crippen LogP contribution in [0.4, 0.5) is 0 Å². The van der Waals surface area contributed by atoms with Crippen molar-refractivity contribution < 1.29 is 0 Å². The van der Waals surface area contributed by atoms with Gasteiger partial charge in [0.15, 0.2) is 5.11 Å². The van der Waals surface area contributed by atoms with Crippen molar-refractivity contribution in [1.29, 1.82) is 0 Å². The predicted octanol–water partition coefficient (Wildman–Crippen LogP) is 1.63. The molecular formula is C8H17N2S. The van der Waals surface area contributed by atoms with Crippen molar-refractivity contribution in [2.75, 3.05) is 20.6 Å². The molecule has 0 saturated carbocycles. The average Bonchev–Trinajstić information content (AvgIpc) is 1.97. The number of unbranched alkanes of at least 4 members (excludes halogenated alkanes) is 2. The summed E-state index contributed by atoms with van der Waals surface area (Å²) >= 11 is 4.99. The van der Waals surface area contributed by atoms with E-state index in [9.17, 15) is 0 Å². The van der Waals surface area contributed by atoms with Gasteiger partial charge in [-0.2, -0.15) is 0 Å². The molecule has 0 aromatic carbocycles. The maximum Gasteiger partial charge on any atom is 0.190 e. The lowest BCUT2D eigenvalue weighted by atomic mass is 10.2. The van der Waals surface area contributed by atoms with Gasteiger partial charge >= 0.3 is 0 Å². The van der Waals surface area contributed by atoms with Gasteiger partial charge in [0.2, 0.25) is 0 Å². The number of hydrogen-bond acceptors (Lipinski definition) is 1. The molecule has 0 fully saturated rings. The fourth-order valence-electron chi connectivity index (χ4n) is 0.678. The van der Waals surface area contributed by atoms with Crippen molar-refractivity contribution in [2.24, 2.45) is 0 Å². The Balaban J connectivity index is 3.18. The molecule has 0 aliphatic rings. The molecule has 0 aromatic heterocycles. The fourth-order valence-corrected chi connectivity index (χ4v) is 0.769. The molecule has 0 spiro atoms. The van der Waals surface area contributed by atoms with E-state index >= 15 is 0 Å². The van der Waals surface area contributed by atoms with Crippen molar-refractivity contribution in [3.8, 4) is 0 Å². The second kappa shape index (κ2) is 6.40.